The van der Waals surface area contributed by atoms with Crippen molar-refractivity contribution >= 4 is 0 Å². The van der Waals surface area contributed by atoms with Crippen LogP contribution in [0.3, 0.4) is 0 Å². The highest BCUT2D eigenvalue weighted by Gasteiger charge is 2.46. The smallest absolute Gasteiger partial charge is 0.162 e. The first-order chi connectivity index (χ1) is 20.3. The summed E-state index contributed by atoms with van der Waals surface area (Å²) >= 11 is 0. The Bertz CT molecular complexity index is 1320. The minimum Gasteiger partial charge on any atom is -0.493 e. The zero-order valence-electron chi connectivity index (χ0n) is 23.1. The second-order valence-electron chi connectivity index (χ2n) is 9.95. The van der Waals surface area contributed by atoms with E-state index in [1.807, 2.05) is 121 Å². The molecule has 41 heavy (non-hydrogen) atoms. The molecule has 1 heterocycles. The van der Waals surface area contributed by atoms with Crippen molar-refractivity contribution in [1.82, 2.24) is 0 Å². The molecule has 1 aliphatic heterocycles. The summed E-state index contributed by atoms with van der Waals surface area (Å²) in [5.41, 5.74) is 10.5. The standard InChI is InChI=1S/C35H37NO5/c36-21-31-33(38-23-28-15-7-2-8-16-28)35(40-25-30-19-11-4-12-20-30)34(39-24-29-17-9-3-10-18-29)32(41-31)26-37-22-27-13-5-1-6-14-27/h1-20,26,31,33-35H,21-25,36H2/b32-26-/t31-,33-,34-,35-/m1/s1. The van der Waals surface area contributed by atoms with Gasteiger partial charge in [-0.1, -0.05) is 121 Å². The summed E-state index contributed by atoms with van der Waals surface area (Å²) in [6, 6.07) is 40.2. The lowest BCUT2D eigenvalue weighted by molar-refractivity contribution is -0.213. The van der Waals surface area contributed by atoms with Crippen molar-refractivity contribution in [2.24, 2.45) is 5.73 Å². The molecule has 4 aromatic rings. The van der Waals surface area contributed by atoms with Crippen LogP contribution in [0, 0.1) is 0 Å². The number of benzene rings is 4. The van der Waals surface area contributed by atoms with E-state index in [1.54, 1.807) is 6.26 Å². The Balaban J connectivity index is 1.42. The van der Waals surface area contributed by atoms with Crippen molar-refractivity contribution in [2.45, 2.75) is 50.8 Å². The van der Waals surface area contributed by atoms with E-state index in [4.69, 9.17) is 29.4 Å². The molecule has 0 aliphatic carbocycles. The fraction of sp³-hybridized carbons (Fsp3) is 0.257. The SMILES string of the molecule is NC[C@H]1O/C(=C\OCc2ccccc2)[C@@H](OCc2ccccc2)[C@H](OCc2ccccc2)[C@@H]1OCc1ccccc1. The Kier molecular flexibility index (Phi) is 10.6. The normalized spacial score (nSPS) is 21.3. The third kappa shape index (κ3) is 8.28. The molecule has 4 atom stereocenters. The van der Waals surface area contributed by atoms with Crippen LogP contribution >= 0.6 is 0 Å². The largest absolute Gasteiger partial charge is 0.493 e. The van der Waals surface area contributed by atoms with Gasteiger partial charge in [-0.3, -0.25) is 0 Å². The monoisotopic (exact) mass is 551 g/mol. The molecule has 1 fully saturated rings. The first-order valence-electron chi connectivity index (χ1n) is 14.0. The molecule has 4 aromatic carbocycles. The Labute approximate surface area is 242 Å². The van der Waals surface area contributed by atoms with Crippen LogP contribution in [0.25, 0.3) is 0 Å². The molecule has 1 saturated heterocycles. The van der Waals surface area contributed by atoms with Crippen LogP contribution in [0.2, 0.25) is 0 Å². The summed E-state index contributed by atoms with van der Waals surface area (Å²) in [6.45, 7) is 1.79. The third-order valence-corrected chi connectivity index (χ3v) is 6.92. The van der Waals surface area contributed by atoms with Gasteiger partial charge in [0.05, 0.1) is 19.8 Å². The van der Waals surface area contributed by atoms with Crippen LogP contribution in [0.4, 0.5) is 0 Å². The highest BCUT2D eigenvalue weighted by molar-refractivity contribution is 5.18. The van der Waals surface area contributed by atoms with E-state index in [9.17, 15) is 0 Å². The van der Waals surface area contributed by atoms with E-state index in [0.717, 1.165) is 22.3 Å². The van der Waals surface area contributed by atoms with Gasteiger partial charge in [0.25, 0.3) is 0 Å². The van der Waals surface area contributed by atoms with Gasteiger partial charge in [0.1, 0.15) is 37.3 Å². The van der Waals surface area contributed by atoms with Crippen molar-refractivity contribution in [3.8, 4) is 0 Å². The lowest BCUT2D eigenvalue weighted by atomic mass is 9.96. The second-order valence-corrected chi connectivity index (χ2v) is 9.95. The molecule has 212 valence electrons. The predicted octanol–water partition coefficient (Wildman–Crippen LogP) is 6.16. The van der Waals surface area contributed by atoms with Gasteiger partial charge in [-0.2, -0.15) is 0 Å². The van der Waals surface area contributed by atoms with Gasteiger partial charge in [0, 0.05) is 6.54 Å². The summed E-state index contributed by atoms with van der Waals surface area (Å²) in [7, 11) is 0. The highest BCUT2D eigenvalue weighted by atomic mass is 16.6. The topological polar surface area (TPSA) is 72.2 Å². The Morgan fingerprint density at radius 1 is 0.537 bits per heavy atom. The summed E-state index contributed by atoms with van der Waals surface area (Å²) in [5.74, 6) is 0.532. The average molecular weight is 552 g/mol. The number of hydrogen-bond acceptors (Lipinski definition) is 6. The number of hydrogen-bond donors (Lipinski definition) is 1. The lowest BCUT2D eigenvalue weighted by Gasteiger charge is -2.43. The molecular formula is C35H37NO5. The van der Waals surface area contributed by atoms with Gasteiger partial charge in [0.2, 0.25) is 0 Å². The maximum Gasteiger partial charge on any atom is 0.162 e. The zero-order chi connectivity index (χ0) is 28.1. The molecule has 5 rings (SSSR count). The van der Waals surface area contributed by atoms with Gasteiger partial charge in [-0.05, 0) is 22.3 Å². The molecule has 0 spiro atoms. The maximum atomic E-state index is 6.62. The van der Waals surface area contributed by atoms with Gasteiger partial charge >= 0.3 is 0 Å². The Morgan fingerprint density at radius 2 is 0.951 bits per heavy atom. The number of ether oxygens (including phenoxy) is 5. The Morgan fingerprint density at radius 3 is 1.41 bits per heavy atom. The van der Waals surface area contributed by atoms with Crippen molar-refractivity contribution < 1.29 is 23.7 Å². The zero-order valence-corrected chi connectivity index (χ0v) is 23.1. The van der Waals surface area contributed by atoms with Crippen LogP contribution in [0.5, 0.6) is 0 Å². The fourth-order valence-corrected chi connectivity index (χ4v) is 4.78. The molecule has 0 bridgehead atoms. The van der Waals surface area contributed by atoms with E-state index >= 15 is 0 Å². The molecule has 0 unspecified atom stereocenters. The maximum absolute atomic E-state index is 6.62. The first kappa shape index (κ1) is 28.6. The summed E-state index contributed by atoms with van der Waals surface area (Å²) in [6.07, 6.45) is -0.384. The summed E-state index contributed by atoms with van der Waals surface area (Å²) in [5, 5.41) is 0. The van der Waals surface area contributed by atoms with E-state index in [2.05, 4.69) is 0 Å². The molecule has 0 aromatic heterocycles. The van der Waals surface area contributed by atoms with Crippen molar-refractivity contribution in [1.29, 1.82) is 0 Å². The fourth-order valence-electron chi connectivity index (χ4n) is 4.78. The van der Waals surface area contributed by atoms with Crippen molar-refractivity contribution in [3.05, 3.63) is 156 Å². The molecular weight excluding hydrogens is 514 g/mol. The third-order valence-electron chi connectivity index (χ3n) is 6.92. The first-order valence-corrected chi connectivity index (χ1v) is 14.0. The number of nitrogens with two attached hydrogens (primary N) is 1. The molecule has 0 radical (unpaired) electrons. The van der Waals surface area contributed by atoms with Gasteiger partial charge in [0.15, 0.2) is 5.76 Å². The van der Waals surface area contributed by atoms with E-state index in [-0.39, 0.29) is 6.54 Å². The minimum absolute atomic E-state index is 0.242. The number of rotatable bonds is 13. The van der Waals surface area contributed by atoms with Crippen molar-refractivity contribution in [2.75, 3.05) is 6.54 Å². The molecule has 1 aliphatic rings. The quantitative estimate of drug-likeness (QED) is 0.201. The van der Waals surface area contributed by atoms with Crippen LogP contribution < -0.4 is 5.73 Å². The van der Waals surface area contributed by atoms with Crippen LogP contribution in [-0.4, -0.2) is 31.0 Å². The Hall–Kier alpha value is -3.94. The van der Waals surface area contributed by atoms with Gasteiger partial charge in [-0.15, -0.1) is 0 Å². The van der Waals surface area contributed by atoms with Crippen LogP contribution in [0.15, 0.2) is 133 Å². The average Bonchev–Trinajstić information content (AvgIpc) is 3.04. The highest BCUT2D eigenvalue weighted by Crippen LogP contribution is 2.32. The molecule has 6 nitrogen and oxygen atoms in total. The van der Waals surface area contributed by atoms with E-state index in [1.165, 1.54) is 0 Å². The summed E-state index contributed by atoms with van der Waals surface area (Å²) < 4.78 is 32.1. The van der Waals surface area contributed by atoms with Crippen LogP contribution in [0.1, 0.15) is 22.3 Å². The molecule has 6 heteroatoms. The van der Waals surface area contributed by atoms with E-state index in [0.29, 0.717) is 32.2 Å². The van der Waals surface area contributed by atoms with Crippen molar-refractivity contribution in [3.63, 3.8) is 0 Å². The minimum atomic E-state index is -0.585. The lowest BCUT2D eigenvalue weighted by Crippen LogP contribution is -2.57. The molecule has 0 saturated carbocycles. The predicted molar refractivity (Wildman–Crippen MR) is 158 cm³/mol. The second kappa shape index (κ2) is 15.2. The van der Waals surface area contributed by atoms with Crippen LogP contribution in [-0.2, 0) is 50.1 Å². The van der Waals surface area contributed by atoms with E-state index < -0.39 is 24.4 Å². The molecule has 0 amide bonds. The van der Waals surface area contributed by atoms with Gasteiger partial charge in [-0.25, -0.2) is 0 Å². The molecule has 2 N–H and O–H groups in total. The van der Waals surface area contributed by atoms with Gasteiger partial charge < -0.3 is 29.4 Å². The summed E-state index contributed by atoms with van der Waals surface area (Å²) in [4.78, 5) is 0.